The number of hydrogen-bond acceptors (Lipinski definition) is 6. The normalized spacial score (nSPS) is 23.4. The maximum absolute atomic E-state index is 13.1. The van der Waals surface area contributed by atoms with Crippen LogP contribution in [0, 0.1) is 6.92 Å². The Labute approximate surface area is 190 Å². The molecule has 0 spiro atoms. The van der Waals surface area contributed by atoms with Crippen LogP contribution in [0.5, 0.6) is 5.75 Å². The van der Waals surface area contributed by atoms with Gasteiger partial charge in [0.2, 0.25) is 10.0 Å². The van der Waals surface area contributed by atoms with E-state index in [0.717, 1.165) is 25.2 Å². The van der Waals surface area contributed by atoms with Crippen LogP contribution in [0.2, 0.25) is 0 Å². The molecule has 2 N–H and O–H groups in total. The maximum atomic E-state index is 13.1. The van der Waals surface area contributed by atoms with Gasteiger partial charge in [-0.2, -0.15) is 4.31 Å². The molecule has 2 aliphatic rings. The number of pyridine rings is 1. The SMILES string of the molecule is Cc1ccc(O)c(CNCC2CN(S(=O)(=O)c3ccccc3)C3CCN2C3)n1.Cl.Cl. The highest BCUT2D eigenvalue weighted by Gasteiger charge is 2.43. The molecule has 1 aromatic heterocycles. The summed E-state index contributed by atoms with van der Waals surface area (Å²) in [5, 5.41) is 13.3. The van der Waals surface area contributed by atoms with Crippen molar-refractivity contribution in [3.8, 4) is 5.75 Å². The van der Waals surface area contributed by atoms with Gasteiger partial charge in [-0.3, -0.25) is 9.88 Å². The summed E-state index contributed by atoms with van der Waals surface area (Å²) in [5.74, 6) is 0.177. The van der Waals surface area contributed by atoms with Crippen molar-refractivity contribution in [2.24, 2.45) is 0 Å². The first-order chi connectivity index (χ1) is 13.4. The molecular formula is C20H28Cl2N4O3S. The lowest BCUT2D eigenvalue weighted by atomic mass is 10.1. The highest BCUT2D eigenvalue weighted by Crippen LogP contribution is 2.30. The fourth-order valence-electron chi connectivity index (χ4n) is 4.11. The predicted octanol–water partition coefficient (Wildman–Crippen LogP) is 2.18. The molecule has 10 heteroatoms. The minimum Gasteiger partial charge on any atom is -0.506 e. The Morgan fingerprint density at radius 3 is 2.60 bits per heavy atom. The number of fused-ring (bicyclic) bond motifs is 2. The molecule has 2 saturated heterocycles. The summed E-state index contributed by atoms with van der Waals surface area (Å²) in [6.45, 7) is 5.14. The zero-order chi connectivity index (χ0) is 19.7. The minimum atomic E-state index is -3.49. The van der Waals surface area contributed by atoms with Gasteiger partial charge in [-0.05, 0) is 37.6 Å². The summed E-state index contributed by atoms with van der Waals surface area (Å²) >= 11 is 0. The predicted molar refractivity (Wildman–Crippen MR) is 121 cm³/mol. The molecule has 2 bridgehead atoms. The van der Waals surface area contributed by atoms with Gasteiger partial charge in [0.05, 0.1) is 10.6 Å². The third-order valence-corrected chi connectivity index (χ3v) is 7.55. The fourth-order valence-corrected chi connectivity index (χ4v) is 5.82. The Bertz CT molecular complexity index is 946. The van der Waals surface area contributed by atoms with Gasteiger partial charge in [-0.1, -0.05) is 18.2 Å². The molecule has 0 amide bonds. The smallest absolute Gasteiger partial charge is 0.243 e. The largest absolute Gasteiger partial charge is 0.506 e. The lowest BCUT2D eigenvalue weighted by molar-refractivity contribution is 0.141. The van der Waals surface area contributed by atoms with Crippen LogP contribution in [0.1, 0.15) is 17.8 Å². The van der Waals surface area contributed by atoms with Crippen molar-refractivity contribution in [3.63, 3.8) is 0 Å². The number of hydrogen-bond donors (Lipinski definition) is 2. The first-order valence-corrected chi connectivity index (χ1v) is 11.1. The molecule has 2 aromatic rings. The second-order valence-electron chi connectivity index (χ2n) is 7.53. The summed E-state index contributed by atoms with van der Waals surface area (Å²) in [6.07, 6.45) is 0.864. The van der Waals surface area contributed by atoms with Crippen LogP contribution in [0.15, 0.2) is 47.4 Å². The van der Waals surface area contributed by atoms with E-state index in [1.54, 1.807) is 40.7 Å². The topological polar surface area (TPSA) is 85.8 Å². The number of nitrogens with one attached hydrogen (secondary N) is 1. The summed E-state index contributed by atoms with van der Waals surface area (Å²) in [5.41, 5.74) is 1.47. The van der Waals surface area contributed by atoms with Gasteiger partial charge in [-0.25, -0.2) is 8.42 Å². The van der Waals surface area contributed by atoms with Gasteiger partial charge in [-0.15, -0.1) is 24.8 Å². The average Bonchev–Trinajstić information content (AvgIpc) is 3.10. The Balaban J connectivity index is 0.00000160. The number of benzene rings is 1. The summed E-state index contributed by atoms with van der Waals surface area (Å²) in [4.78, 5) is 7.08. The van der Waals surface area contributed by atoms with Crippen LogP contribution < -0.4 is 5.32 Å². The number of nitrogens with zero attached hydrogens (tertiary/aromatic N) is 3. The summed E-state index contributed by atoms with van der Waals surface area (Å²) in [7, 11) is -3.49. The second kappa shape index (κ2) is 10.3. The van der Waals surface area contributed by atoms with Crippen molar-refractivity contribution in [2.45, 2.75) is 36.9 Å². The van der Waals surface area contributed by atoms with E-state index in [1.807, 2.05) is 13.0 Å². The van der Waals surface area contributed by atoms with E-state index in [4.69, 9.17) is 0 Å². The van der Waals surface area contributed by atoms with E-state index < -0.39 is 10.0 Å². The monoisotopic (exact) mass is 474 g/mol. The van der Waals surface area contributed by atoms with E-state index in [1.165, 1.54) is 0 Å². The molecule has 30 heavy (non-hydrogen) atoms. The van der Waals surface area contributed by atoms with Crippen molar-refractivity contribution in [3.05, 3.63) is 53.9 Å². The van der Waals surface area contributed by atoms with Crippen molar-refractivity contribution in [1.82, 2.24) is 19.5 Å². The summed E-state index contributed by atoms with van der Waals surface area (Å²) in [6, 6.07) is 12.2. The van der Waals surface area contributed by atoms with Gasteiger partial charge in [0.15, 0.2) is 0 Å². The molecule has 166 valence electrons. The van der Waals surface area contributed by atoms with Gasteiger partial charge in [0, 0.05) is 50.5 Å². The molecule has 0 radical (unpaired) electrons. The number of aromatic hydroxyl groups is 1. The molecule has 3 atom stereocenters. The Morgan fingerprint density at radius 1 is 1.13 bits per heavy atom. The molecule has 0 saturated carbocycles. The summed E-state index contributed by atoms with van der Waals surface area (Å²) < 4.78 is 28.0. The Kier molecular flexibility index (Phi) is 8.50. The Hall–Kier alpha value is -1.42. The van der Waals surface area contributed by atoms with Crippen LogP contribution in [-0.4, -0.2) is 66.0 Å². The molecule has 2 aliphatic heterocycles. The quantitative estimate of drug-likeness (QED) is 0.666. The van der Waals surface area contributed by atoms with Crippen LogP contribution in [0.4, 0.5) is 0 Å². The zero-order valence-electron chi connectivity index (χ0n) is 16.8. The van der Waals surface area contributed by atoms with E-state index in [9.17, 15) is 13.5 Å². The van der Waals surface area contributed by atoms with Gasteiger partial charge < -0.3 is 10.4 Å². The molecule has 0 aliphatic carbocycles. The lowest BCUT2D eigenvalue weighted by Gasteiger charge is -2.39. The van der Waals surface area contributed by atoms with Crippen LogP contribution in [0.25, 0.3) is 0 Å². The fraction of sp³-hybridized carbons (Fsp3) is 0.450. The highest BCUT2D eigenvalue weighted by molar-refractivity contribution is 7.89. The first kappa shape index (κ1) is 24.8. The van der Waals surface area contributed by atoms with Gasteiger partial charge >= 0.3 is 0 Å². The third kappa shape index (κ3) is 5.07. The molecule has 3 heterocycles. The van der Waals surface area contributed by atoms with Crippen LogP contribution >= 0.6 is 24.8 Å². The second-order valence-corrected chi connectivity index (χ2v) is 9.42. The van der Waals surface area contributed by atoms with E-state index in [-0.39, 0.29) is 42.6 Å². The average molecular weight is 475 g/mol. The van der Waals surface area contributed by atoms with Crippen LogP contribution in [-0.2, 0) is 16.6 Å². The van der Waals surface area contributed by atoms with Crippen LogP contribution in [0.3, 0.4) is 0 Å². The van der Waals surface area contributed by atoms with E-state index in [0.29, 0.717) is 30.2 Å². The number of aryl methyl sites for hydroxylation is 1. The van der Waals surface area contributed by atoms with Crippen molar-refractivity contribution in [1.29, 1.82) is 0 Å². The standard InChI is InChI=1S/C20H26N4O3S.2ClH/c1-15-7-8-20(25)19(22-15)12-21-11-17-14-24(16-9-10-23(17)13-16)28(26,27)18-5-3-2-4-6-18;;/h2-8,16-17,21,25H,9-14H2,1H3;2*1H. The van der Waals surface area contributed by atoms with E-state index >= 15 is 0 Å². The zero-order valence-corrected chi connectivity index (χ0v) is 19.2. The molecule has 4 rings (SSSR count). The number of halogens is 2. The molecule has 1 aromatic carbocycles. The number of sulfonamides is 1. The Morgan fingerprint density at radius 2 is 1.87 bits per heavy atom. The molecule has 2 fully saturated rings. The first-order valence-electron chi connectivity index (χ1n) is 9.62. The molecular weight excluding hydrogens is 447 g/mol. The third-order valence-electron chi connectivity index (χ3n) is 5.62. The molecule has 7 nitrogen and oxygen atoms in total. The molecule has 3 unspecified atom stereocenters. The number of piperazine rings is 1. The van der Waals surface area contributed by atoms with Crippen molar-refractivity contribution >= 4 is 34.8 Å². The number of rotatable bonds is 6. The number of aromatic nitrogens is 1. The lowest BCUT2D eigenvalue weighted by Crippen LogP contribution is -2.57. The van der Waals surface area contributed by atoms with Crippen molar-refractivity contribution in [2.75, 3.05) is 26.2 Å². The maximum Gasteiger partial charge on any atom is 0.243 e. The van der Waals surface area contributed by atoms with Crippen molar-refractivity contribution < 1.29 is 13.5 Å². The highest BCUT2D eigenvalue weighted by atomic mass is 35.5. The minimum absolute atomic E-state index is 0. The van der Waals surface area contributed by atoms with Gasteiger partial charge in [0.25, 0.3) is 0 Å². The van der Waals surface area contributed by atoms with E-state index in [2.05, 4.69) is 15.2 Å². The van der Waals surface area contributed by atoms with Gasteiger partial charge in [0.1, 0.15) is 5.75 Å².